The van der Waals surface area contributed by atoms with Crippen LogP contribution in [0.5, 0.6) is 0 Å². The van der Waals surface area contributed by atoms with Crippen LogP contribution in [-0.4, -0.2) is 54.9 Å². The first-order valence-corrected chi connectivity index (χ1v) is 6.42. The van der Waals surface area contributed by atoms with Crippen LogP contribution >= 0.6 is 11.6 Å². The molecule has 2 rings (SSSR count). The number of hydrogen-bond acceptors (Lipinski definition) is 2. The van der Waals surface area contributed by atoms with Gasteiger partial charge in [0, 0.05) is 45.1 Å². The molecule has 82 valence electrons. The second-order valence-corrected chi connectivity index (χ2v) is 5.01. The van der Waals surface area contributed by atoms with Gasteiger partial charge in [-0.2, -0.15) is 0 Å². The largest absolute Gasteiger partial charge is 0.301 e. The highest BCUT2D eigenvalue weighted by molar-refractivity contribution is 6.18. The van der Waals surface area contributed by atoms with Crippen LogP contribution in [0.3, 0.4) is 0 Å². The fraction of sp³-hybridized carbons (Fsp3) is 1.00. The van der Waals surface area contributed by atoms with Gasteiger partial charge in [-0.25, -0.2) is 0 Å². The fourth-order valence-electron chi connectivity index (χ4n) is 2.36. The van der Waals surface area contributed by atoms with E-state index in [9.17, 15) is 0 Å². The molecule has 0 aromatic carbocycles. The van der Waals surface area contributed by atoms with Crippen molar-refractivity contribution in [3.8, 4) is 0 Å². The van der Waals surface area contributed by atoms with Crippen LogP contribution in [0.4, 0.5) is 0 Å². The average Bonchev–Trinajstić information content (AvgIpc) is 2.14. The van der Waals surface area contributed by atoms with Crippen molar-refractivity contribution in [1.29, 1.82) is 0 Å². The Labute approximate surface area is 92.2 Å². The first-order valence-electron chi connectivity index (χ1n) is 5.89. The summed E-state index contributed by atoms with van der Waals surface area (Å²) in [6.45, 7) is 7.38. The zero-order chi connectivity index (χ0) is 9.80. The molecule has 0 N–H and O–H groups in total. The molecule has 0 radical (unpaired) electrons. The van der Waals surface area contributed by atoms with Crippen LogP contribution in [-0.2, 0) is 0 Å². The molecule has 14 heavy (non-hydrogen) atoms. The minimum absolute atomic E-state index is 0.780. The molecule has 0 aromatic rings. The molecular formula is C11H21ClN2. The molecule has 1 aliphatic carbocycles. The standard InChI is InChI=1S/C11H21ClN2/c12-4-5-13-6-8-14(9-7-13)10-11-2-1-3-11/h11H,1-10H2. The summed E-state index contributed by atoms with van der Waals surface area (Å²) < 4.78 is 0. The van der Waals surface area contributed by atoms with E-state index in [0.29, 0.717) is 0 Å². The Kier molecular flexibility index (Phi) is 4.09. The number of piperazine rings is 1. The summed E-state index contributed by atoms with van der Waals surface area (Å²) in [5.41, 5.74) is 0. The van der Waals surface area contributed by atoms with Crippen molar-refractivity contribution in [2.45, 2.75) is 19.3 Å². The lowest BCUT2D eigenvalue weighted by Gasteiger charge is -2.38. The van der Waals surface area contributed by atoms with Gasteiger partial charge in [-0.3, -0.25) is 4.90 Å². The Morgan fingerprint density at radius 2 is 1.64 bits per heavy atom. The molecule has 2 nitrogen and oxygen atoms in total. The minimum Gasteiger partial charge on any atom is -0.301 e. The van der Waals surface area contributed by atoms with E-state index in [1.54, 1.807) is 0 Å². The van der Waals surface area contributed by atoms with E-state index < -0.39 is 0 Å². The summed E-state index contributed by atoms with van der Waals surface area (Å²) in [7, 11) is 0. The lowest BCUT2D eigenvalue weighted by atomic mass is 9.85. The molecule has 1 aliphatic heterocycles. The van der Waals surface area contributed by atoms with Crippen molar-refractivity contribution in [2.75, 3.05) is 45.1 Å². The van der Waals surface area contributed by atoms with Gasteiger partial charge in [0.2, 0.25) is 0 Å². The van der Waals surface area contributed by atoms with E-state index >= 15 is 0 Å². The van der Waals surface area contributed by atoms with Gasteiger partial charge in [0.1, 0.15) is 0 Å². The molecular weight excluding hydrogens is 196 g/mol. The molecule has 1 saturated heterocycles. The molecule has 0 atom stereocenters. The summed E-state index contributed by atoms with van der Waals surface area (Å²) in [4.78, 5) is 5.11. The summed E-state index contributed by atoms with van der Waals surface area (Å²) in [5.74, 6) is 1.80. The van der Waals surface area contributed by atoms with Crippen molar-refractivity contribution >= 4 is 11.6 Å². The number of rotatable bonds is 4. The summed E-state index contributed by atoms with van der Waals surface area (Å²) in [5, 5.41) is 0. The maximum absolute atomic E-state index is 5.73. The third kappa shape index (κ3) is 2.85. The van der Waals surface area contributed by atoms with Gasteiger partial charge in [-0.15, -0.1) is 11.6 Å². The van der Waals surface area contributed by atoms with Gasteiger partial charge < -0.3 is 4.90 Å². The van der Waals surface area contributed by atoms with E-state index in [-0.39, 0.29) is 0 Å². The van der Waals surface area contributed by atoms with Gasteiger partial charge in [0.25, 0.3) is 0 Å². The summed E-state index contributed by atoms with van der Waals surface area (Å²) in [6, 6.07) is 0. The van der Waals surface area contributed by atoms with Crippen molar-refractivity contribution in [2.24, 2.45) is 5.92 Å². The Morgan fingerprint density at radius 3 is 2.14 bits per heavy atom. The van der Waals surface area contributed by atoms with Crippen LogP contribution in [0.25, 0.3) is 0 Å². The highest BCUT2D eigenvalue weighted by atomic mass is 35.5. The van der Waals surface area contributed by atoms with Crippen LogP contribution in [0.1, 0.15) is 19.3 Å². The highest BCUT2D eigenvalue weighted by Crippen LogP contribution is 2.27. The first-order chi connectivity index (χ1) is 6.88. The molecule has 0 unspecified atom stereocenters. The van der Waals surface area contributed by atoms with Crippen molar-refractivity contribution < 1.29 is 0 Å². The van der Waals surface area contributed by atoms with E-state index in [4.69, 9.17) is 11.6 Å². The maximum Gasteiger partial charge on any atom is 0.0351 e. The monoisotopic (exact) mass is 216 g/mol. The molecule has 1 saturated carbocycles. The quantitative estimate of drug-likeness (QED) is 0.660. The lowest BCUT2D eigenvalue weighted by Crippen LogP contribution is -2.48. The van der Waals surface area contributed by atoms with Gasteiger partial charge in [0.05, 0.1) is 0 Å². The van der Waals surface area contributed by atoms with Crippen molar-refractivity contribution in [3.05, 3.63) is 0 Å². The van der Waals surface area contributed by atoms with Crippen molar-refractivity contribution in [3.63, 3.8) is 0 Å². The van der Waals surface area contributed by atoms with Gasteiger partial charge >= 0.3 is 0 Å². The normalized spacial score (nSPS) is 26.4. The SMILES string of the molecule is ClCCN1CCN(CC2CCC2)CC1. The van der Waals surface area contributed by atoms with E-state index in [1.165, 1.54) is 52.0 Å². The van der Waals surface area contributed by atoms with E-state index in [2.05, 4.69) is 9.80 Å². The number of hydrogen-bond donors (Lipinski definition) is 0. The molecule has 0 aromatic heterocycles. The van der Waals surface area contributed by atoms with E-state index in [0.717, 1.165) is 18.3 Å². The Bertz CT molecular complexity index is 163. The van der Waals surface area contributed by atoms with Gasteiger partial charge in [0.15, 0.2) is 0 Å². The number of nitrogens with zero attached hydrogens (tertiary/aromatic N) is 2. The zero-order valence-corrected chi connectivity index (χ0v) is 9.68. The van der Waals surface area contributed by atoms with Gasteiger partial charge in [-0.1, -0.05) is 6.42 Å². The predicted octanol–water partition coefficient (Wildman–Crippen LogP) is 1.64. The Balaban J connectivity index is 1.62. The molecule has 2 fully saturated rings. The molecule has 0 amide bonds. The van der Waals surface area contributed by atoms with Gasteiger partial charge in [-0.05, 0) is 18.8 Å². The molecule has 0 bridgehead atoms. The van der Waals surface area contributed by atoms with Crippen LogP contribution in [0, 0.1) is 5.92 Å². The second-order valence-electron chi connectivity index (χ2n) is 4.63. The van der Waals surface area contributed by atoms with Crippen LogP contribution < -0.4 is 0 Å². The molecule has 1 heterocycles. The third-order valence-corrected chi connectivity index (χ3v) is 3.78. The lowest BCUT2D eigenvalue weighted by molar-refractivity contribution is 0.104. The highest BCUT2D eigenvalue weighted by Gasteiger charge is 2.23. The zero-order valence-electron chi connectivity index (χ0n) is 8.92. The average molecular weight is 217 g/mol. The summed E-state index contributed by atoms with van der Waals surface area (Å²) in [6.07, 6.45) is 4.42. The maximum atomic E-state index is 5.73. The Hall–Kier alpha value is 0.210. The first kappa shape index (κ1) is 10.7. The number of alkyl halides is 1. The molecule has 3 heteroatoms. The van der Waals surface area contributed by atoms with Crippen LogP contribution in [0.15, 0.2) is 0 Å². The number of halogens is 1. The predicted molar refractivity (Wildman–Crippen MR) is 60.9 cm³/mol. The molecule has 0 spiro atoms. The summed E-state index contributed by atoms with van der Waals surface area (Å²) >= 11 is 5.73. The Morgan fingerprint density at radius 1 is 1.00 bits per heavy atom. The van der Waals surface area contributed by atoms with E-state index in [1.807, 2.05) is 0 Å². The van der Waals surface area contributed by atoms with Crippen molar-refractivity contribution in [1.82, 2.24) is 9.80 Å². The minimum atomic E-state index is 0.780. The topological polar surface area (TPSA) is 6.48 Å². The fourth-order valence-corrected chi connectivity index (χ4v) is 2.59. The molecule has 2 aliphatic rings. The smallest absolute Gasteiger partial charge is 0.0351 e. The van der Waals surface area contributed by atoms with Crippen LogP contribution in [0.2, 0.25) is 0 Å². The third-order valence-electron chi connectivity index (χ3n) is 3.61. The second kappa shape index (κ2) is 5.34.